The molecule has 2 aromatic rings. The minimum Gasteiger partial charge on any atom is -0.490 e. The summed E-state index contributed by atoms with van der Waals surface area (Å²) in [5, 5.41) is 5.81. The van der Waals surface area contributed by atoms with Gasteiger partial charge in [-0.25, -0.2) is 0 Å². The third-order valence-electron chi connectivity index (χ3n) is 4.71. The summed E-state index contributed by atoms with van der Waals surface area (Å²) < 4.78 is 10.9. The fourth-order valence-electron chi connectivity index (χ4n) is 3.20. The summed E-state index contributed by atoms with van der Waals surface area (Å²) in [4.78, 5) is 27.3. The van der Waals surface area contributed by atoms with Crippen LogP contribution in [0.2, 0.25) is 0 Å². The number of ether oxygens (including phenoxy) is 2. The molecule has 0 aliphatic rings. The smallest absolute Gasteiger partial charge is 0.261 e. The molecule has 0 fully saturated rings. The van der Waals surface area contributed by atoms with Gasteiger partial charge in [-0.3, -0.25) is 14.9 Å². The van der Waals surface area contributed by atoms with Crippen molar-refractivity contribution >= 4 is 34.8 Å². The molecular formula is C25H33N3O4S. The molecule has 0 spiro atoms. The van der Waals surface area contributed by atoms with E-state index >= 15 is 0 Å². The van der Waals surface area contributed by atoms with Gasteiger partial charge < -0.3 is 19.7 Å². The van der Waals surface area contributed by atoms with Gasteiger partial charge >= 0.3 is 0 Å². The van der Waals surface area contributed by atoms with Crippen LogP contribution in [0.4, 0.5) is 5.69 Å². The number of rotatable bonds is 12. The van der Waals surface area contributed by atoms with Crippen molar-refractivity contribution < 1.29 is 19.1 Å². The predicted molar refractivity (Wildman–Crippen MR) is 135 cm³/mol. The summed E-state index contributed by atoms with van der Waals surface area (Å²) in [7, 11) is 0. The summed E-state index contributed by atoms with van der Waals surface area (Å²) >= 11 is 5.29. The van der Waals surface area contributed by atoms with Crippen LogP contribution in [-0.4, -0.2) is 54.7 Å². The van der Waals surface area contributed by atoms with Gasteiger partial charge in [-0.05, 0) is 68.4 Å². The molecule has 0 bridgehead atoms. The molecule has 0 aliphatic heterocycles. The standard InChI is InChI=1S/C25H33N3O4S/c1-4-15-28(16-5-2)24(30)19-11-13-20(14-12-19)26-25(33)27-23(29)21-9-7-8-10-22(21)32-18-17-31-6-3/h7-14H,4-6,15-18H2,1-3H3,(H2,26,27,29,33). The Morgan fingerprint density at radius 2 is 1.61 bits per heavy atom. The van der Waals surface area contributed by atoms with Crippen LogP contribution in [0.3, 0.4) is 0 Å². The van der Waals surface area contributed by atoms with Crippen LogP contribution >= 0.6 is 12.2 Å². The van der Waals surface area contributed by atoms with Crippen molar-refractivity contribution in [2.45, 2.75) is 33.6 Å². The van der Waals surface area contributed by atoms with Gasteiger partial charge in [-0.1, -0.05) is 26.0 Å². The monoisotopic (exact) mass is 471 g/mol. The fraction of sp³-hybridized carbons (Fsp3) is 0.400. The van der Waals surface area contributed by atoms with Crippen molar-refractivity contribution in [3.8, 4) is 5.75 Å². The van der Waals surface area contributed by atoms with Crippen molar-refractivity contribution in [2.24, 2.45) is 0 Å². The van der Waals surface area contributed by atoms with E-state index in [2.05, 4.69) is 24.5 Å². The largest absolute Gasteiger partial charge is 0.490 e. The lowest BCUT2D eigenvalue weighted by atomic mass is 10.1. The van der Waals surface area contributed by atoms with Crippen molar-refractivity contribution in [2.75, 3.05) is 38.2 Å². The van der Waals surface area contributed by atoms with Crippen molar-refractivity contribution in [1.82, 2.24) is 10.2 Å². The third kappa shape index (κ3) is 8.47. The molecule has 0 aliphatic carbocycles. The molecule has 0 saturated heterocycles. The van der Waals surface area contributed by atoms with E-state index in [9.17, 15) is 9.59 Å². The number of carbonyl (C=O) groups excluding carboxylic acids is 2. The van der Waals surface area contributed by atoms with Gasteiger partial charge in [0.25, 0.3) is 11.8 Å². The molecule has 0 radical (unpaired) electrons. The van der Waals surface area contributed by atoms with Gasteiger partial charge in [0.15, 0.2) is 5.11 Å². The first-order chi connectivity index (χ1) is 16.0. The lowest BCUT2D eigenvalue weighted by Gasteiger charge is -2.21. The topological polar surface area (TPSA) is 79.9 Å². The van der Waals surface area contributed by atoms with E-state index in [4.69, 9.17) is 21.7 Å². The first-order valence-electron chi connectivity index (χ1n) is 11.3. The van der Waals surface area contributed by atoms with Crippen LogP contribution in [0, 0.1) is 0 Å². The second-order valence-corrected chi connectivity index (χ2v) is 7.73. The number of hydrogen-bond acceptors (Lipinski definition) is 5. The van der Waals surface area contributed by atoms with Crippen molar-refractivity contribution in [1.29, 1.82) is 0 Å². The summed E-state index contributed by atoms with van der Waals surface area (Å²) in [6.07, 6.45) is 1.83. The summed E-state index contributed by atoms with van der Waals surface area (Å²) in [6, 6.07) is 14.0. The molecule has 2 aromatic carbocycles. The molecule has 2 N–H and O–H groups in total. The molecule has 8 heteroatoms. The summed E-state index contributed by atoms with van der Waals surface area (Å²) in [5.74, 6) is 0.104. The first kappa shape index (κ1) is 26.3. The highest BCUT2D eigenvalue weighted by Gasteiger charge is 2.15. The molecule has 0 atom stereocenters. The molecule has 0 aromatic heterocycles. The Morgan fingerprint density at radius 3 is 2.24 bits per heavy atom. The highest BCUT2D eigenvalue weighted by atomic mass is 32.1. The number of anilines is 1. The molecule has 7 nitrogen and oxygen atoms in total. The average molecular weight is 472 g/mol. The van der Waals surface area contributed by atoms with Crippen LogP contribution in [0.5, 0.6) is 5.75 Å². The Kier molecular flexibility index (Phi) is 11.3. The maximum Gasteiger partial charge on any atom is 0.261 e. The Bertz CT molecular complexity index is 912. The van der Waals surface area contributed by atoms with Crippen LogP contribution < -0.4 is 15.4 Å². The molecular weight excluding hydrogens is 438 g/mol. The molecule has 2 rings (SSSR count). The minimum absolute atomic E-state index is 0.0158. The second kappa shape index (κ2) is 14.2. The lowest BCUT2D eigenvalue weighted by Crippen LogP contribution is -2.34. The highest BCUT2D eigenvalue weighted by molar-refractivity contribution is 7.80. The van der Waals surface area contributed by atoms with Crippen molar-refractivity contribution in [3.63, 3.8) is 0 Å². The molecule has 0 saturated carbocycles. The zero-order chi connectivity index (χ0) is 24.1. The highest BCUT2D eigenvalue weighted by Crippen LogP contribution is 2.18. The Hall–Kier alpha value is -2.97. The Morgan fingerprint density at radius 1 is 0.939 bits per heavy atom. The van der Waals surface area contributed by atoms with E-state index in [1.807, 2.05) is 11.8 Å². The summed E-state index contributed by atoms with van der Waals surface area (Å²) in [6.45, 7) is 8.90. The fourth-order valence-corrected chi connectivity index (χ4v) is 3.41. The van der Waals surface area contributed by atoms with Crippen LogP contribution in [0.1, 0.15) is 54.3 Å². The minimum atomic E-state index is -0.374. The SMILES string of the molecule is CCCN(CCC)C(=O)c1ccc(NC(=S)NC(=O)c2ccccc2OCCOCC)cc1. The summed E-state index contributed by atoms with van der Waals surface area (Å²) in [5.41, 5.74) is 1.68. The number of nitrogens with zero attached hydrogens (tertiary/aromatic N) is 1. The first-order valence-corrected chi connectivity index (χ1v) is 11.7. The second-order valence-electron chi connectivity index (χ2n) is 7.32. The van der Waals surface area contributed by atoms with E-state index in [1.54, 1.807) is 48.5 Å². The molecule has 0 heterocycles. The van der Waals surface area contributed by atoms with Gasteiger partial charge in [-0.15, -0.1) is 0 Å². The van der Waals surface area contributed by atoms with Gasteiger partial charge in [0.2, 0.25) is 0 Å². The van der Waals surface area contributed by atoms with Gasteiger partial charge in [-0.2, -0.15) is 0 Å². The van der Waals surface area contributed by atoms with Crippen LogP contribution in [0.15, 0.2) is 48.5 Å². The van der Waals surface area contributed by atoms with Crippen molar-refractivity contribution in [3.05, 3.63) is 59.7 Å². The van der Waals surface area contributed by atoms with Gasteiger partial charge in [0.1, 0.15) is 12.4 Å². The van der Waals surface area contributed by atoms with E-state index in [0.29, 0.717) is 42.4 Å². The predicted octanol–water partition coefficient (Wildman–Crippen LogP) is 4.49. The molecule has 2 amide bonds. The zero-order valence-electron chi connectivity index (χ0n) is 19.6. The Balaban J connectivity index is 1.95. The number of para-hydroxylation sites is 1. The number of benzene rings is 2. The number of carbonyl (C=O) groups is 2. The van der Waals surface area contributed by atoms with Gasteiger partial charge in [0.05, 0.1) is 12.2 Å². The van der Waals surface area contributed by atoms with E-state index < -0.39 is 0 Å². The van der Waals surface area contributed by atoms with Crippen LogP contribution in [0.25, 0.3) is 0 Å². The lowest BCUT2D eigenvalue weighted by molar-refractivity contribution is 0.0755. The Labute approximate surface area is 201 Å². The number of hydrogen-bond donors (Lipinski definition) is 2. The number of thiocarbonyl (C=S) groups is 1. The van der Waals surface area contributed by atoms with E-state index in [-0.39, 0.29) is 16.9 Å². The zero-order valence-corrected chi connectivity index (χ0v) is 20.4. The maximum atomic E-state index is 12.7. The normalized spacial score (nSPS) is 10.4. The third-order valence-corrected chi connectivity index (χ3v) is 4.92. The maximum absolute atomic E-state index is 12.7. The number of nitrogens with one attached hydrogen (secondary N) is 2. The molecule has 0 unspecified atom stereocenters. The molecule has 33 heavy (non-hydrogen) atoms. The van der Waals surface area contributed by atoms with Crippen LogP contribution in [-0.2, 0) is 4.74 Å². The van der Waals surface area contributed by atoms with Gasteiger partial charge in [0, 0.05) is 30.9 Å². The average Bonchev–Trinajstić information content (AvgIpc) is 2.82. The number of amides is 2. The van der Waals surface area contributed by atoms with E-state index in [1.165, 1.54) is 0 Å². The molecule has 178 valence electrons. The van der Waals surface area contributed by atoms with E-state index in [0.717, 1.165) is 25.9 Å². The quantitative estimate of drug-likeness (QED) is 0.351.